The summed E-state index contributed by atoms with van der Waals surface area (Å²) in [6.07, 6.45) is 1.27. The number of hydrogen-bond donors (Lipinski definition) is 2. The zero-order chi connectivity index (χ0) is 16.9. The Hall–Kier alpha value is -2.82. The van der Waals surface area contributed by atoms with E-state index in [1.54, 1.807) is 18.2 Å². The Morgan fingerprint density at radius 1 is 1.17 bits per heavy atom. The van der Waals surface area contributed by atoms with Crippen molar-refractivity contribution >= 4 is 11.9 Å². The zero-order valence-electron chi connectivity index (χ0n) is 13.2. The number of carboxylic acids is 1. The van der Waals surface area contributed by atoms with Gasteiger partial charge in [-0.05, 0) is 42.2 Å². The predicted molar refractivity (Wildman–Crippen MR) is 89.2 cm³/mol. The van der Waals surface area contributed by atoms with Gasteiger partial charge in [-0.2, -0.15) is 0 Å². The minimum atomic E-state index is -0.945. The number of rotatable bonds is 5. The molecule has 2 aromatic rings. The summed E-state index contributed by atoms with van der Waals surface area (Å²) in [6, 6.07) is 14.5. The lowest BCUT2D eigenvalue weighted by molar-refractivity contribution is -0.126. The summed E-state index contributed by atoms with van der Waals surface area (Å²) in [6.45, 7) is 0.859. The summed E-state index contributed by atoms with van der Waals surface area (Å²) < 4.78 is 5.64. The maximum atomic E-state index is 12.3. The second kappa shape index (κ2) is 7.17. The second-order valence-corrected chi connectivity index (χ2v) is 5.87. The van der Waals surface area contributed by atoms with E-state index >= 15 is 0 Å². The molecule has 0 saturated heterocycles. The van der Waals surface area contributed by atoms with Gasteiger partial charge in [-0.15, -0.1) is 0 Å². The van der Waals surface area contributed by atoms with E-state index in [0.717, 1.165) is 16.9 Å². The molecular formula is C19H19NO4. The Kier molecular flexibility index (Phi) is 4.79. The molecule has 3 rings (SSSR count). The molecule has 1 heterocycles. The van der Waals surface area contributed by atoms with Crippen molar-refractivity contribution in [3.05, 3.63) is 65.2 Å². The van der Waals surface area contributed by atoms with Crippen LogP contribution >= 0.6 is 0 Å². The molecule has 0 aliphatic carbocycles. The standard InChI is InChI=1S/C19H19NO4/c21-18(16-11-14-5-1-2-7-17(14)24-12-16)20-9-8-13-4-3-6-15(10-13)19(22)23/h1-7,10,16H,8-9,11-12H2,(H,20,21)(H,22,23)/t16-/m0/s1. The number of nitrogens with one attached hydrogen (secondary N) is 1. The molecule has 5 heteroatoms. The van der Waals surface area contributed by atoms with Crippen molar-refractivity contribution in [1.29, 1.82) is 0 Å². The van der Waals surface area contributed by atoms with Gasteiger partial charge in [-0.1, -0.05) is 30.3 Å². The molecule has 0 radical (unpaired) electrons. The second-order valence-electron chi connectivity index (χ2n) is 5.87. The third-order valence-electron chi connectivity index (χ3n) is 4.14. The van der Waals surface area contributed by atoms with Crippen LogP contribution in [0.3, 0.4) is 0 Å². The molecule has 124 valence electrons. The highest BCUT2D eigenvalue weighted by Crippen LogP contribution is 2.26. The normalized spacial score (nSPS) is 15.9. The van der Waals surface area contributed by atoms with E-state index in [-0.39, 0.29) is 17.4 Å². The molecular weight excluding hydrogens is 306 g/mol. The van der Waals surface area contributed by atoms with Gasteiger partial charge in [0.05, 0.1) is 11.5 Å². The van der Waals surface area contributed by atoms with Gasteiger partial charge in [-0.3, -0.25) is 4.79 Å². The number of ether oxygens (including phenoxy) is 1. The fourth-order valence-electron chi connectivity index (χ4n) is 2.83. The van der Waals surface area contributed by atoms with Gasteiger partial charge in [0, 0.05) is 6.54 Å². The van der Waals surface area contributed by atoms with Crippen LogP contribution < -0.4 is 10.1 Å². The van der Waals surface area contributed by atoms with E-state index < -0.39 is 5.97 Å². The van der Waals surface area contributed by atoms with Gasteiger partial charge in [0.25, 0.3) is 0 Å². The molecule has 2 aromatic carbocycles. The molecule has 0 spiro atoms. The van der Waals surface area contributed by atoms with Crippen LogP contribution in [0.4, 0.5) is 0 Å². The minimum Gasteiger partial charge on any atom is -0.492 e. The average Bonchev–Trinajstić information content (AvgIpc) is 2.61. The number of fused-ring (bicyclic) bond motifs is 1. The summed E-state index contributed by atoms with van der Waals surface area (Å²) in [5, 5.41) is 11.9. The van der Waals surface area contributed by atoms with E-state index in [2.05, 4.69) is 5.32 Å². The maximum absolute atomic E-state index is 12.3. The van der Waals surface area contributed by atoms with Crippen LogP contribution in [0, 0.1) is 5.92 Å². The van der Waals surface area contributed by atoms with Crippen LogP contribution in [0.2, 0.25) is 0 Å². The fraction of sp³-hybridized carbons (Fsp3) is 0.263. The quantitative estimate of drug-likeness (QED) is 0.884. The highest BCUT2D eigenvalue weighted by atomic mass is 16.5. The van der Waals surface area contributed by atoms with Crippen LogP contribution in [-0.2, 0) is 17.6 Å². The Morgan fingerprint density at radius 3 is 2.83 bits per heavy atom. The number of carbonyl (C=O) groups is 2. The SMILES string of the molecule is O=C(O)c1cccc(CCNC(=O)[C@@H]2COc3ccccc3C2)c1. The Balaban J connectivity index is 1.51. The number of benzene rings is 2. The number of hydrogen-bond acceptors (Lipinski definition) is 3. The number of para-hydroxylation sites is 1. The lowest BCUT2D eigenvalue weighted by Crippen LogP contribution is -2.38. The largest absolute Gasteiger partial charge is 0.492 e. The third-order valence-corrected chi connectivity index (χ3v) is 4.14. The summed E-state index contributed by atoms with van der Waals surface area (Å²) in [4.78, 5) is 23.2. The first-order valence-corrected chi connectivity index (χ1v) is 7.94. The first-order valence-electron chi connectivity index (χ1n) is 7.94. The van der Waals surface area contributed by atoms with Crippen LogP contribution in [-0.4, -0.2) is 30.1 Å². The number of carboxylic acid groups (broad SMARTS) is 1. The van der Waals surface area contributed by atoms with Crippen molar-refractivity contribution in [1.82, 2.24) is 5.32 Å². The van der Waals surface area contributed by atoms with E-state index in [9.17, 15) is 9.59 Å². The summed E-state index contributed by atoms with van der Waals surface area (Å²) in [5.74, 6) is -0.310. The van der Waals surface area contributed by atoms with Crippen molar-refractivity contribution in [2.45, 2.75) is 12.8 Å². The van der Waals surface area contributed by atoms with Crippen molar-refractivity contribution in [3.63, 3.8) is 0 Å². The van der Waals surface area contributed by atoms with E-state index in [1.165, 1.54) is 0 Å². The molecule has 5 nitrogen and oxygen atoms in total. The Labute approximate surface area is 140 Å². The first kappa shape index (κ1) is 16.1. The molecule has 0 unspecified atom stereocenters. The van der Waals surface area contributed by atoms with Crippen molar-refractivity contribution < 1.29 is 19.4 Å². The van der Waals surface area contributed by atoms with Gasteiger partial charge in [-0.25, -0.2) is 4.79 Å². The van der Waals surface area contributed by atoms with Gasteiger partial charge < -0.3 is 15.2 Å². The average molecular weight is 325 g/mol. The Morgan fingerprint density at radius 2 is 2.00 bits per heavy atom. The summed E-state index contributed by atoms with van der Waals surface area (Å²) in [5.41, 5.74) is 2.20. The maximum Gasteiger partial charge on any atom is 0.335 e. The monoisotopic (exact) mass is 325 g/mol. The van der Waals surface area contributed by atoms with Crippen molar-refractivity contribution in [2.75, 3.05) is 13.2 Å². The van der Waals surface area contributed by atoms with Gasteiger partial charge >= 0.3 is 5.97 Å². The molecule has 0 fully saturated rings. The van der Waals surface area contributed by atoms with Gasteiger partial charge in [0.2, 0.25) is 5.91 Å². The molecule has 0 bridgehead atoms. The molecule has 24 heavy (non-hydrogen) atoms. The topological polar surface area (TPSA) is 75.6 Å². The molecule has 2 N–H and O–H groups in total. The van der Waals surface area contributed by atoms with E-state index in [0.29, 0.717) is 26.0 Å². The highest BCUT2D eigenvalue weighted by Gasteiger charge is 2.25. The molecule has 1 atom stereocenters. The van der Waals surface area contributed by atoms with E-state index in [4.69, 9.17) is 9.84 Å². The lowest BCUT2D eigenvalue weighted by atomic mass is 9.96. The minimum absolute atomic E-state index is 0.0288. The molecule has 1 aliphatic heterocycles. The molecule has 1 amide bonds. The molecule has 0 saturated carbocycles. The molecule has 0 aromatic heterocycles. The smallest absolute Gasteiger partial charge is 0.335 e. The van der Waals surface area contributed by atoms with Crippen LogP contribution in [0.15, 0.2) is 48.5 Å². The number of carbonyl (C=O) groups excluding carboxylic acids is 1. The van der Waals surface area contributed by atoms with E-state index in [1.807, 2.05) is 30.3 Å². The van der Waals surface area contributed by atoms with Crippen molar-refractivity contribution in [3.8, 4) is 5.75 Å². The van der Waals surface area contributed by atoms with Crippen LogP contribution in [0.5, 0.6) is 5.75 Å². The summed E-state index contributed by atoms with van der Waals surface area (Å²) in [7, 11) is 0. The zero-order valence-corrected chi connectivity index (χ0v) is 13.2. The highest BCUT2D eigenvalue weighted by molar-refractivity contribution is 5.87. The third kappa shape index (κ3) is 3.74. The van der Waals surface area contributed by atoms with Gasteiger partial charge in [0.1, 0.15) is 12.4 Å². The number of aromatic carboxylic acids is 1. The Bertz CT molecular complexity index is 757. The lowest BCUT2D eigenvalue weighted by Gasteiger charge is -2.24. The van der Waals surface area contributed by atoms with Crippen molar-refractivity contribution in [2.24, 2.45) is 5.92 Å². The van der Waals surface area contributed by atoms with Crippen LogP contribution in [0.1, 0.15) is 21.5 Å². The molecule has 1 aliphatic rings. The number of amides is 1. The predicted octanol–water partition coefficient (Wildman–Crippen LogP) is 2.29. The fourth-order valence-corrected chi connectivity index (χ4v) is 2.83. The summed E-state index contributed by atoms with van der Waals surface area (Å²) >= 11 is 0. The van der Waals surface area contributed by atoms with Gasteiger partial charge in [0.15, 0.2) is 0 Å². The van der Waals surface area contributed by atoms with Crippen LogP contribution in [0.25, 0.3) is 0 Å². The first-order chi connectivity index (χ1) is 11.6.